The number of hydrogen-bond acceptors (Lipinski definition) is 1. The smallest absolute Gasteiger partial charge is 0.270 e. The molecule has 15 heavy (non-hydrogen) atoms. The first-order valence-electron chi connectivity index (χ1n) is 5.10. The van der Waals surface area contributed by atoms with E-state index in [-0.39, 0.29) is 5.56 Å². The zero-order chi connectivity index (χ0) is 11.5. The van der Waals surface area contributed by atoms with Crippen LogP contribution in [-0.2, 0) is 12.5 Å². The van der Waals surface area contributed by atoms with E-state index in [0.717, 1.165) is 12.5 Å². The number of hydrogen-bond donors (Lipinski definition) is 1. The van der Waals surface area contributed by atoms with Gasteiger partial charge < -0.3 is 5.32 Å². The summed E-state index contributed by atoms with van der Waals surface area (Å²) in [5, 5.41) is 3.23. The molecule has 84 valence electrons. The molecule has 1 aromatic rings. The Kier molecular flexibility index (Phi) is 3.80. The summed E-state index contributed by atoms with van der Waals surface area (Å²) >= 11 is 0. The lowest BCUT2D eigenvalue weighted by Gasteiger charge is -2.12. The number of rotatable bonds is 4. The summed E-state index contributed by atoms with van der Waals surface area (Å²) in [6, 6.07) is 6.84. The van der Waals surface area contributed by atoms with E-state index in [0.29, 0.717) is 12.6 Å². The van der Waals surface area contributed by atoms with Crippen molar-refractivity contribution in [3.8, 4) is 0 Å². The summed E-state index contributed by atoms with van der Waals surface area (Å²) in [5.41, 5.74) is 1.09. The molecule has 0 radical (unpaired) electrons. The Bertz CT molecular complexity index is 298. The third-order valence-corrected chi connectivity index (χ3v) is 2.18. The van der Waals surface area contributed by atoms with Crippen LogP contribution in [0.3, 0.4) is 0 Å². The van der Waals surface area contributed by atoms with E-state index < -0.39 is 5.92 Å². The van der Waals surface area contributed by atoms with Gasteiger partial charge in [0.15, 0.2) is 0 Å². The lowest BCUT2D eigenvalue weighted by Crippen LogP contribution is -2.21. The van der Waals surface area contributed by atoms with Gasteiger partial charge in [-0.3, -0.25) is 0 Å². The van der Waals surface area contributed by atoms with E-state index >= 15 is 0 Å². The van der Waals surface area contributed by atoms with Crippen molar-refractivity contribution in [3.63, 3.8) is 0 Å². The summed E-state index contributed by atoms with van der Waals surface area (Å²) in [7, 11) is 0. The highest BCUT2D eigenvalue weighted by molar-refractivity contribution is 5.25. The van der Waals surface area contributed by atoms with Gasteiger partial charge in [-0.15, -0.1) is 0 Å². The SMILES string of the molecule is CC(C)NCc1ccc(C(C)(F)F)cc1. The average Bonchev–Trinajstić information content (AvgIpc) is 2.14. The highest BCUT2D eigenvalue weighted by Gasteiger charge is 2.23. The molecule has 1 N–H and O–H groups in total. The van der Waals surface area contributed by atoms with Crippen LogP contribution in [0, 0.1) is 0 Å². The van der Waals surface area contributed by atoms with Gasteiger partial charge in [0.05, 0.1) is 0 Å². The Morgan fingerprint density at radius 2 is 1.73 bits per heavy atom. The third kappa shape index (κ3) is 3.96. The van der Waals surface area contributed by atoms with Crippen LogP contribution >= 0.6 is 0 Å². The zero-order valence-corrected chi connectivity index (χ0v) is 9.35. The first-order valence-corrected chi connectivity index (χ1v) is 5.10. The van der Waals surface area contributed by atoms with Gasteiger partial charge in [0, 0.05) is 25.1 Å². The van der Waals surface area contributed by atoms with E-state index in [1.165, 1.54) is 12.1 Å². The maximum Gasteiger partial charge on any atom is 0.270 e. The van der Waals surface area contributed by atoms with E-state index in [1.54, 1.807) is 12.1 Å². The van der Waals surface area contributed by atoms with Crippen molar-refractivity contribution in [2.45, 2.75) is 39.3 Å². The maximum atomic E-state index is 12.9. The largest absolute Gasteiger partial charge is 0.310 e. The molecule has 0 atom stereocenters. The van der Waals surface area contributed by atoms with Crippen molar-refractivity contribution < 1.29 is 8.78 Å². The maximum absolute atomic E-state index is 12.9. The second-order valence-electron chi connectivity index (χ2n) is 4.12. The lowest BCUT2D eigenvalue weighted by molar-refractivity contribution is 0.0174. The van der Waals surface area contributed by atoms with Crippen molar-refractivity contribution in [2.24, 2.45) is 0 Å². The van der Waals surface area contributed by atoms with Crippen LogP contribution in [0.2, 0.25) is 0 Å². The molecule has 1 rings (SSSR count). The Hall–Kier alpha value is -0.960. The van der Waals surface area contributed by atoms with Crippen LogP contribution in [-0.4, -0.2) is 6.04 Å². The van der Waals surface area contributed by atoms with Gasteiger partial charge in [-0.25, -0.2) is 8.78 Å². The van der Waals surface area contributed by atoms with Gasteiger partial charge in [-0.05, 0) is 5.56 Å². The van der Waals surface area contributed by atoms with Crippen LogP contribution in [0.1, 0.15) is 31.9 Å². The highest BCUT2D eigenvalue weighted by atomic mass is 19.3. The summed E-state index contributed by atoms with van der Waals surface area (Å²) in [6.07, 6.45) is 0. The molecule has 0 heterocycles. The van der Waals surface area contributed by atoms with Crippen molar-refractivity contribution in [3.05, 3.63) is 35.4 Å². The first kappa shape index (κ1) is 12.1. The lowest BCUT2D eigenvalue weighted by atomic mass is 10.1. The Morgan fingerprint density at radius 1 is 1.20 bits per heavy atom. The highest BCUT2D eigenvalue weighted by Crippen LogP contribution is 2.26. The van der Waals surface area contributed by atoms with Gasteiger partial charge in [0.25, 0.3) is 5.92 Å². The quantitative estimate of drug-likeness (QED) is 0.809. The Balaban J connectivity index is 2.65. The molecule has 3 heteroatoms. The minimum atomic E-state index is -2.75. The van der Waals surface area contributed by atoms with Crippen molar-refractivity contribution in [2.75, 3.05) is 0 Å². The first-order chi connectivity index (χ1) is 6.89. The fourth-order valence-electron chi connectivity index (χ4n) is 1.24. The van der Waals surface area contributed by atoms with Crippen LogP contribution in [0.5, 0.6) is 0 Å². The van der Waals surface area contributed by atoms with Crippen LogP contribution in [0.25, 0.3) is 0 Å². The molecule has 1 nitrogen and oxygen atoms in total. The molecule has 0 spiro atoms. The Morgan fingerprint density at radius 3 is 2.13 bits per heavy atom. The number of alkyl halides is 2. The number of halogens is 2. The van der Waals surface area contributed by atoms with Gasteiger partial charge in [0.2, 0.25) is 0 Å². The number of nitrogens with one attached hydrogen (secondary N) is 1. The molecule has 0 aliphatic heterocycles. The molecule has 0 amide bonds. The summed E-state index contributed by atoms with van der Waals surface area (Å²) in [5.74, 6) is -2.75. The minimum Gasteiger partial charge on any atom is -0.310 e. The van der Waals surface area contributed by atoms with Crippen molar-refractivity contribution in [1.29, 1.82) is 0 Å². The van der Waals surface area contributed by atoms with Crippen LogP contribution in [0.4, 0.5) is 8.78 Å². The van der Waals surface area contributed by atoms with Gasteiger partial charge in [-0.2, -0.15) is 0 Å². The molecular formula is C12H17F2N. The van der Waals surface area contributed by atoms with Gasteiger partial charge >= 0.3 is 0 Å². The fourth-order valence-corrected chi connectivity index (χ4v) is 1.24. The molecule has 0 unspecified atom stereocenters. The molecule has 0 aliphatic carbocycles. The average molecular weight is 213 g/mol. The molecule has 0 saturated heterocycles. The van der Waals surface area contributed by atoms with Crippen molar-refractivity contribution >= 4 is 0 Å². The number of benzene rings is 1. The van der Waals surface area contributed by atoms with Gasteiger partial charge in [-0.1, -0.05) is 38.1 Å². The zero-order valence-electron chi connectivity index (χ0n) is 9.35. The van der Waals surface area contributed by atoms with E-state index in [1.807, 2.05) is 0 Å². The van der Waals surface area contributed by atoms with E-state index in [4.69, 9.17) is 0 Å². The molecule has 0 aliphatic rings. The van der Waals surface area contributed by atoms with Gasteiger partial charge in [0.1, 0.15) is 0 Å². The predicted octanol–water partition coefficient (Wildman–Crippen LogP) is 3.30. The third-order valence-electron chi connectivity index (χ3n) is 2.18. The Labute approximate surface area is 89.5 Å². The molecule has 0 bridgehead atoms. The van der Waals surface area contributed by atoms with Crippen LogP contribution in [0.15, 0.2) is 24.3 Å². The summed E-state index contributed by atoms with van der Waals surface area (Å²) in [4.78, 5) is 0. The van der Waals surface area contributed by atoms with E-state index in [9.17, 15) is 8.78 Å². The molecule has 0 saturated carbocycles. The minimum absolute atomic E-state index is 0.0656. The second-order valence-corrected chi connectivity index (χ2v) is 4.12. The molecular weight excluding hydrogens is 196 g/mol. The standard InChI is InChI=1S/C12H17F2N/c1-9(2)15-8-10-4-6-11(7-5-10)12(3,13)14/h4-7,9,15H,8H2,1-3H3. The van der Waals surface area contributed by atoms with Crippen molar-refractivity contribution in [1.82, 2.24) is 5.32 Å². The van der Waals surface area contributed by atoms with Crippen LogP contribution < -0.4 is 5.32 Å². The predicted molar refractivity (Wildman–Crippen MR) is 58.0 cm³/mol. The molecule has 1 aromatic carbocycles. The molecule has 0 aromatic heterocycles. The van der Waals surface area contributed by atoms with E-state index in [2.05, 4.69) is 19.2 Å². The summed E-state index contributed by atoms with van der Waals surface area (Å²) in [6.45, 7) is 5.73. The summed E-state index contributed by atoms with van der Waals surface area (Å²) < 4.78 is 25.8. The monoisotopic (exact) mass is 213 g/mol. The molecule has 0 fully saturated rings. The fraction of sp³-hybridized carbons (Fsp3) is 0.500. The topological polar surface area (TPSA) is 12.0 Å². The normalized spacial score (nSPS) is 12.1. The second kappa shape index (κ2) is 4.71.